The largest absolute Gasteiger partial charge is 0.460 e. The van der Waals surface area contributed by atoms with Gasteiger partial charge in [-0.2, -0.15) is 47.9 Å². The third-order valence-corrected chi connectivity index (χ3v) is 14.2. The highest BCUT2D eigenvalue weighted by Crippen LogP contribution is 2.71. The number of ether oxygens (including phenoxy) is 2. The first-order chi connectivity index (χ1) is 21.9. The molecule has 1 heterocycles. The highest BCUT2D eigenvalue weighted by molar-refractivity contribution is 8.33. The topological polar surface area (TPSA) is 61.8 Å². The van der Waals surface area contributed by atoms with E-state index in [1.807, 2.05) is 0 Å². The number of rotatable bonds is 10. The van der Waals surface area contributed by atoms with E-state index in [1.54, 1.807) is 0 Å². The summed E-state index contributed by atoms with van der Waals surface area (Å²) in [6.07, 6.45) is -4.27. The molecular weight excluding hydrogens is 708 g/mol. The van der Waals surface area contributed by atoms with Crippen molar-refractivity contribution in [2.24, 2.45) is 0 Å². The molecule has 1 atom stereocenters. The van der Waals surface area contributed by atoms with Gasteiger partial charge >= 0.3 is 33.4 Å². The zero-order valence-corrected chi connectivity index (χ0v) is 26.5. The van der Waals surface area contributed by atoms with Gasteiger partial charge in [-0.25, -0.2) is 3.63 Å². The van der Waals surface area contributed by atoms with E-state index >= 15 is 8.78 Å². The van der Waals surface area contributed by atoms with Gasteiger partial charge in [-0.3, -0.25) is 0 Å². The normalized spacial score (nSPS) is 20.0. The maximum atomic E-state index is 15.1. The minimum atomic E-state index is -7.46. The average Bonchev–Trinajstić information content (AvgIpc) is 3.47. The summed E-state index contributed by atoms with van der Waals surface area (Å²) in [5.74, 6) is -15.6. The number of alkyl halides is 9. The molecule has 1 aliphatic heterocycles. The number of hydrogen-bond acceptors (Lipinski definition) is 6. The van der Waals surface area contributed by atoms with E-state index in [1.165, 1.54) is 96.7 Å². The van der Waals surface area contributed by atoms with Crippen LogP contribution in [0, 0.1) is 0 Å². The zero-order valence-electron chi connectivity index (χ0n) is 24.1. The fourth-order valence-electron chi connectivity index (χ4n) is 5.36. The summed E-state index contributed by atoms with van der Waals surface area (Å²) in [5.41, 5.74) is 0. The molecule has 5 nitrogen and oxygen atoms in total. The number of hydrogen-bond donors (Lipinski definition) is 0. The van der Waals surface area contributed by atoms with Crippen molar-refractivity contribution in [3.8, 4) is 0 Å². The Morgan fingerprint density at radius 1 is 0.702 bits per heavy atom. The summed E-state index contributed by atoms with van der Waals surface area (Å²) >= 11 is 1.44. The van der Waals surface area contributed by atoms with Gasteiger partial charge in [-0.1, -0.05) is 36.4 Å². The third-order valence-electron chi connectivity index (χ3n) is 7.67. The Labute approximate surface area is 270 Å². The van der Waals surface area contributed by atoms with Gasteiger partial charge in [0.2, 0.25) is 0 Å². The first-order valence-corrected chi connectivity index (χ1v) is 17.9. The van der Waals surface area contributed by atoms with Crippen LogP contribution in [0.25, 0.3) is 0 Å². The van der Waals surface area contributed by atoms with Crippen LogP contribution in [0.3, 0.4) is 0 Å². The molecule has 2 fully saturated rings. The molecule has 1 saturated carbocycles. The SMILES string of the molecule is O=S(=O)(OS(c1ccccc1)(c1ccccc1)c1ccc(SC2CCCC3(C2)OCCO3)cc1)C(F)(F)C(F)(F)C(F)(F)C(F)(F)F. The molecule has 3 aromatic carbocycles. The van der Waals surface area contributed by atoms with Gasteiger partial charge in [0.25, 0.3) is 0 Å². The zero-order chi connectivity index (χ0) is 34.4. The lowest BCUT2D eigenvalue weighted by molar-refractivity contribution is -0.382. The van der Waals surface area contributed by atoms with Crippen LogP contribution < -0.4 is 0 Å². The molecule has 1 spiro atoms. The van der Waals surface area contributed by atoms with Crippen molar-refractivity contribution in [2.45, 2.75) is 79.6 Å². The Morgan fingerprint density at radius 3 is 1.68 bits per heavy atom. The Kier molecular flexibility index (Phi) is 9.75. The summed E-state index contributed by atoms with van der Waals surface area (Å²) in [5, 5.41) is -7.00. The van der Waals surface area contributed by atoms with Crippen LogP contribution in [-0.4, -0.2) is 55.9 Å². The van der Waals surface area contributed by atoms with Crippen LogP contribution in [0.5, 0.6) is 0 Å². The van der Waals surface area contributed by atoms with Gasteiger partial charge < -0.3 is 9.47 Å². The molecule has 5 rings (SSSR count). The van der Waals surface area contributed by atoms with Gasteiger partial charge in [-0.05, 0) is 71.7 Å². The van der Waals surface area contributed by atoms with Gasteiger partial charge in [0, 0.05) is 37.7 Å². The van der Waals surface area contributed by atoms with E-state index in [4.69, 9.17) is 13.1 Å². The Bertz CT molecular complexity index is 1590. The lowest BCUT2D eigenvalue weighted by Crippen LogP contribution is -2.63. The molecule has 1 unspecified atom stereocenters. The predicted octanol–water partition coefficient (Wildman–Crippen LogP) is 9.43. The second-order valence-electron chi connectivity index (χ2n) is 10.8. The summed E-state index contributed by atoms with van der Waals surface area (Å²) in [4.78, 5) is 0.197. The van der Waals surface area contributed by atoms with Crippen molar-refractivity contribution in [2.75, 3.05) is 13.2 Å². The minimum absolute atomic E-state index is 0.0425. The summed E-state index contributed by atoms with van der Waals surface area (Å²) in [7, 11) is -11.3. The Morgan fingerprint density at radius 2 is 1.19 bits per heavy atom. The molecule has 3 aromatic rings. The summed E-state index contributed by atoms with van der Waals surface area (Å²) < 4.78 is 168. The predicted molar refractivity (Wildman–Crippen MR) is 155 cm³/mol. The monoisotopic (exact) mass is 734 g/mol. The molecule has 0 N–H and O–H groups in total. The van der Waals surface area contributed by atoms with Gasteiger partial charge in [0.05, 0.1) is 13.2 Å². The first kappa shape index (κ1) is 35.9. The number of benzene rings is 3. The fourth-order valence-corrected chi connectivity index (χ4v) is 11.9. The highest BCUT2D eigenvalue weighted by Gasteiger charge is 2.86. The summed E-state index contributed by atoms with van der Waals surface area (Å²) in [6.45, 7) is 0.940. The molecule has 0 radical (unpaired) electrons. The van der Waals surface area contributed by atoms with E-state index in [2.05, 4.69) is 0 Å². The van der Waals surface area contributed by atoms with Crippen LogP contribution >= 0.6 is 22.1 Å². The Hall–Kier alpha value is -2.44. The van der Waals surface area contributed by atoms with Gasteiger partial charge in [0.15, 0.2) is 5.79 Å². The van der Waals surface area contributed by atoms with Crippen LogP contribution in [-0.2, 0) is 23.2 Å². The van der Waals surface area contributed by atoms with Crippen LogP contribution in [0.4, 0.5) is 39.5 Å². The van der Waals surface area contributed by atoms with Crippen molar-refractivity contribution < 1.29 is 61.0 Å². The first-order valence-electron chi connectivity index (χ1n) is 14.0. The minimum Gasteiger partial charge on any atom is -0.347 e. The lowest BCUT2D eigenvalue weighted by Gasteiger charge is -2.41. The van der Waals surface area contributed by atoms with E-state index in [9.17, 15) is 39.2 Å². The van der Waals surface area contributed by atoms with Crippen LogP contribution in [0.1, 0.15) is 25.7 Å². The van der Waals surface area contributed by atoms with Crippen molar-refractivity contribution in [3.63, 3.8) is 0 Å². The maximum absolute atomic E-state index is 15.1. The second kappa shape index (κ2) is 12.8. The molecule has 17 heteroatoms. The van der Waals surface area contributed by atoms with Crippen molar-refractivity contribution in [1.29, 1.82) is 0 Å². The quantitative estimate of drug-likeness (QED) is 0.194. The average molecular weight is 735 g/mol. The van der Waals surface area contributed by atoms with Crippen molar-refractivity contribution in [3.05, 3.63) is 84.9 Å². The van der Waals surface area contributed by atoms with Crippen LogP contribution in [0.15, 0.2) is 105 Å². The molecule has 2 aliphatic rings. The lowest BCUT2D eigenvalue weighted by atomic mass is 9.94. The molecule has 1 aliphatic carbocycles. The molecule has 0 amide bonds. The molecule has 258 valence electrons. The van der Waals surface area contributed by atoms with E-state index in [0.29, 0.717) is 24.5 Å². The molecule has 1 saturated heterocycles. The molecule has 47 heavy (non-hydrogen) atoms. The Balaban J connectivity index is 1.59. The third kappa shape index (κ3) is 6.38. The van der Waals surface area contributed by atoms with Crippen molar-refractivity contribution >= 4 is 32.2 Å². The van der Waals surface area contributed by atoms with E-state index in [-0.39, 0.29) is 19.9 Å². The smallest absolute Gasteiger partial charge is 0.347 e. The van der Waals surface area contributed by atoms with Crippen molar-refractivity contribution in [1.82, 2.24) is 0 Å². The molecule has 0 aromatic heterocycles. The summed E-state index contributed by atoms with van der Waals surface area (Å²) in [6, 6.07) is 19.0. The van der Waals surface area contributed by atoms with Crippen LogP contribution in [0.2, 0.25) is 0 Å². The van der Waals surface area contributed by atoms with E-state index < -0.39 is 49.5 Å². The number of thioether (sulfide) groups is 1. The maximum Gasteiger partial charge on any atom is 0.460 e. The molecule has 0 bridgehead atoms. The van der Waals surface area contributed by atoms with Gasteiger partial charge in [-0.15, -0.1) is 11.8 Å². The highest BCUT2D eigenvalue weighted by atomic mass is 32.3. The second-order valence-corrected chi connectivity index (χ2v) is 16.6. The standard InChI is InChI=1S/C30H27F9O5S3/c31-27(32,29(35,36)37)28(33,34)30(38,39)47(40,41)44-46(23-9-3-1-4-10-23,24-11-5-2-6-12-24)25-15-13-21(14-16-25)45-22-8-7-17-26(20-22)42-18-19-43-26/h1-6,9-16,22H,7-8,17-20H2. The number of halogens is 9. The fraction of sp³-hybridized carbons (Fsp3) is 0.400. The van der Waals surface area contributed by atoms with E-state index in [0.717, 1.165) is 19.3 Å². The molecular formula is C30H27F9O5S3. The van der Waals surface area contributed by atoms with Gasteiger partial charge in [0.1, 0.15) is 0 Å².